The SMILES string of the molecule is Cc1ccc(CN2CCC[C@@]3(CCC(=O)N(C4CC4)C3)C2)c(F)c1F. The third kappa shape index (κ3) is 3.31. The van der Waals surface area contributed by atoms with Crippen molar-refractivity contribution in [3.63, 3.8) is 0 Å². The summed E-state index contributed by atoms with van der Waals surface area (Å²) in [6.07, 6.45) is 6.03. The number of hydrogen-bond donors (Lipinski definition) is 0. The second-order valence-electron chi connectivity index (χ2n) is 8.24. The zero-order valence-corrected chi connectivity index (χ0v) is 14.9. The Morgan fingerprint density at radius 3 is 2.72 bits per heavy atom. The molecule has 0 bridgehead atoms. The highest BCUT2D eigenvalue weighted by molar-refractivity contribution is 5.78. The van der Waals surface area contributed by atoms with Crippen LogP contribution in [0.1, 0.15) is 49.7 Å². The van der Waals surface area contributed by atoms with Crippen molar-refractivity contribution in [3.8, 4) is 0 Å². The zero-order chi connectivity index (χ0) is 17.6. The van der Waals surface area contributed by atoms with Gasteiger partial charge in [-0.05, 0) is 51.1 Å². The lowest BCUT2D eigenvalue weighted by atomic mass is 9.73. The summed E-state index contributed by atoms with van der Waals surface area (Å²) in [6.45, 7) is 4.66. The minimum absolute atomic E-state index is 0.133. The van der Waals surface area contributed by atoms with Gasteiger partial charge in [-0.15, -0.1) is 0 Å². The van der Waals surface area contributed by atoms with E-state index in [-0.39, 0.29) is 5.41 Å². The summed E-state index contributed by atoms with van der Waals surface area (Å²) in [5.74, 6) is -1.14. The maximum Gasteiger partial charge on any atom is 0.222 e. The van der Waals surface area contributed by atoms with Crippen LogP contribution in [0.2, 0.25) is 0 Å². The topological polar surface area (TPSA) is 23.6 Å². The van der Waals surface area contributed by atoms with Crippen LogP contribution in [0.5, 0.6) is 0 Å². The number of piperidine rings is 2. The van der Waals surface area contributed by atoms with Gasteiger partial charge in [-0.1, -0.05) is 12.1 Å². The molecule has 136 valence electrons. The van der Waals surface area contributed by atoms with Crippen LogP contribution < -0.4 is 0 Å². The van der Waals surface area contributed by atoms with Gasteiger partial charge < -0.3 is 4.90 Å². The summed E-state index contributed by atoms with van der Waals surface area (Å²) >= 11 is 0. The molecule has 0 radical (unpaired) electrons. The molecule has 5 heteroatoms. The summed E-state index contributed by atoms with van der Waals surface area (Å²) in [5, 5.41) is 0. The van der Waals surface area contributed by atoms with E-state index in [4.69, 9.17) is 0 Å². The van der Waals surface area contributed by atoms with Gasteiger partial charge in [0.05, 0.1) is 0 Å². The van der Waals surface area contributed by atoms with Crippen molar-refractivity contribution in [2.45, 2.75) is 58.0 Å². The Kier molecular flexibility index (Phi) is 4.30. The number of likely N-dealkylation sites (tertiary alicyclic amines) is 2. The van der Waals surface area contributed by atoms with Crippen LogP contribution in [0.4, 0.5) is 8.78 Å². The van der Waals surface area contributed by atoms with Crippen molar-refractivity contribution in [2.24, 2.45) is 5.41 Å². The molecule has 1 saturated carbocycles. The van der Waals surface area contributed by atoms with Crippen LogP contribution >= 0.6 is 0 Å². The Labute approximate surface area is 148 Å². The molecule has 0 N–H and O–H groups in total. The molecular formula is C20H26F2N2O. The highest BCUT2D eigenvalue weighted by Gasteiger charge is 2.45. The minimum atomic E-state index is -0.729. The van der Waals surface area contributed by atoms with E-state index in [0.29, 0.717) is 36.0 Å². The van der Waals surface area contributed by atoms with E-state index < -0.39 is 11.6 Å². The molecule has 1 aliphatic carbocycles. The van der Waals surface area contributed by atoms with E-state index >= 15 is 0 Å². The van der Waals surface area contributed by atoms with Crippen LogP contribution in [0.3, 0.4) is 0 Å². The predicted octanol–water partition coefficient (Wildman–Crippen LogP) is 3.64. The molecule has 2 heterocycles. The number of carbonyl (C=O) groups is 1. The number of nitrogens with zero attached hydrogens (tertiary/aromatic N) is 2. The van der Waals surface area contributed by atoms with Gasteiger partial charge in [0, 0.05) is 43.1 Å². The molecule has 0 unspecified atom stereocenters. The van der Waals surface area contributed by atoms with E-state index in [1.54, 1.807) is 19.1 Å². The van der Waals surface area contributed by atoms with E-state index in [0.717, 1.165) is 51.7 Å². The molecule has 1 aromatic rings. The summed E-state index contributed by atoms with van der Waals surface area (Å²) in [4.78, 5) is 16.6. The van der Waals surface area contributed by atoms with Crippen molar-refractivity contribution >= 4 is 5.91 Å². The van der Waals surface area contributed by atoms with Gasteiger partial charge in [0.1, 0.15) is 0 Å². The maximum atomic E-state index is 14.2. The molecule has 3 aliphatic rings. The van der Waals surface area contributed by atoms with E-state index in [1.165, 1.54) is 0 Å². The van der Waals surface area contributed by atoms with Crippen molar-refractivity contribution in [1.82, 2.24) is 9.80 Å². The summed E-state index contributed by atoms with van der Waals surface area (Å²) in [5.41, 5.74) is 0.919. The molecule has 2 saturated heterocycles. The van der Waals surface area contributed by atoms with Crippen LogP contribution in [0, 0.1) is 24.0 Å². The fourth-order valence-corrected chi connectivity index (χ4v) is 4.59. The van der Waals surface area contributed by atoms with E-state index in [2.05, 4.69) is 9.80 Å². The highest BCUT2D eigenvalue weighted by Crippen LogP contribution is 2.42. The average molecular weight is 348 g/mol. The molecule has 4 rings (SSSR count). The molecule has 0 aromatic heterocycles. The number of amides is 1. The average Bonchev–Trinajstić information content (AvgIpc) is 3.43. The first-order chi connectivity index (χ1) is 12.0. The maximum absolute atomic E-state index is 14.2. The third-order valence-electron chi connectivity index (χ3n) is 6.17. The number of halogens is 2. The fourth-order valence-electron chi connectivity index (χ4n) is 4.59. The Bertz CT molecular complexity index is 689. The molecule has 25 heavy (non-hydrogen) atoms. The lowest BCUT2D eigenvalue weighted by Gasteiger charge is -2.48. The number of hydrogen-bond acceptors (Lipinski definition) is 2. The Morgan fingerprint density at radius 1 is 1.16 bits per heavy atom. The second-order valence-corrected chi connectivity index (χ2v) is 8.24. The van der Waals surface area contributed by atoms with Gasteiger partial charge in [-0.25, -0.2) is 8.78 Å². The minimum Gasteiger partial charge on any atom is -0.339 e. The van der Waals surface area contributed by atoms with Crippen LogP contribution in [-0.2, 0) is 11.3 Å². The summed E-state index contributed by atoms with van der Waals surface area (Å²) in [7, 11) is 0. The largest absolute Gasteiger partial charge is 0.339 e. The lowest BCUT2D eigenvalue weighted by Crippen LogP contribution is -2.54. The van der Waals surface area contributed by atoms with Crippen molar-refractivity contribution < 1.29 is 13.6 Å². The second kappa shape index (κ2) is 6.35. The van der Waals surface area contributed by atoms with Gasteiger partial charge in [0.2, 0.25) is 5.91 Å². The lowest BCUT2D eigenvalue weighted by molar-refractivity contribution is -0.140. The fraction of sp³-hybridized carbons (Fsp3) is 0.650. The number of benzene rings is 1. The Hall–Kier alpha value is -1.49. The van der Waals surface area contributed by atoms with Gasteiger partial charge in [-0.3, -0.25) is 9.69 Å². The first-order valence-corrected chi connectivity index (χ1v) is 9.43. The van der Waals surface area contributed by atoms with Crippen LogP contribution in [-0.4, -0.2) is 41.4 Å². The van der Waals surface area contributed by atoms with Gasteiger partial charge >= 0.3 is 0 Å². The van der Waals surface area contributed by atoms with Crippen molar-refractivity contribution in [1.29, 1.82) is 0 Å². The smallest absolute Gasteiger partial charge is 0.222 e. The first kappa shape index (κ1) is 17.0. The third-order valence-corrected chi connectivity index (χ3v) is 6.17. The molecule has 1 aromatic carbocycles. The van der Waals surface area contributed by atoms with Crippen molar-refractivity contribution in [3.05, 3.63) is 34.9 Å². The molecular weight excluding hydrogens is 322 g/mol. The summed E-state index contributed by atoms with van der Waals surface area (Å²) < 4.78 is 28.1. The molecule has 1 spiro atoms. The summed E-state index contributed by atoms with van der Waals surface area (Å²) in [6, 6.07) is 3.82. The Morgan fingerprint density at radius 2 is 1.96 bits per heavy atom. The van der Waals surface area contributed by atoms with Crippen LogP contribution in [0.25, 0.3) is 0 Å². The first-order valence-electron chi connectivity index (χ1n) is 9.43. The standard InChI is InChI=1S/C20H26F2N2O/c1-14-3-4-15(19(22)18(14)21)11-23-10-2-8-20(12-23)9-7-17(25)24(13-20)16-5-6-16/h3-4,16H,2,5-13H2,1H3/t20-/m1/s1. The Balaban J connectivity index is 1.48. The number of aryl methyl sites for hydroxylation is 1. The van der Waals surface area contributed by atoms with Gasteiger partial charge in [0.25, 0.3) is 0 Å². The predicted molar refractivity (Wildman–Crippen MR) is 92.0 cm³/mol. The number of rotatable bonds is 3. The molecule has 3 nitrogen and oxygen atoms in total. The van der Waals surface area contributed by atoms with Gasteiger partial charge in [0.15, 0.2) is 11.6 Å². The number of carbonyl (C=O) groups excluding carboxylic acids is 1. The van der Waals surface area contributed by atoms with Crippen molar-refractivity contribution in [2.75, 3.05) is 19.6 Å². The molecule has 3 fully saturated rings. The van der Waals surface area contributed by atoms with Gasteiger partial charge in [-0.2, -0.15) is 0 Å². The van der Waals surface area contributed by atoms with E-state index in [9.17, 15) is 13.6 Å². The highest BCUT2D eigenvalue weighted by atomic mass is 19.2. The normalized spacial score (nSPS) is 28.0. The molecule has 1 atom stereocenters. The quantitative estimate of drug-likeness (QED) is 0.833. The molecule has 2 aliphatic heterocycles. The van der Waals surface area contributed by atoms with E-state index in [1.807, 2.05) is 0 Å². The van der Waals surface area contributed by atoms with Crippen LogP contribution in [0.15, 0.2) is 12.1 Å². The monoisotopic (exact) mass is 348 g/mol. The molecule has 1 amide bonds. The zero-order valence-electron chi connectivity index (χ0n) is 14.9.